The SMILES string of the molecule is COC(=O)C1CC(O)CN1C(=O)/C=C/c1ccc(Cl)cc1. The molecule has 1 heterocycles. The lowest BCUT2D eigenvalue weighted by molar-refractivity contribution is -0.149. The van der Waals surface area contributed by atoms with Gasteiger partial charge in [-0.1, -0.05) is 23.7 Å². The van der Waals surface area contributed by atoms with E-state index in [1.165, 1.54) is 18.1 Å². The van der Waals surface area contributed by atoms with E-state index in [9.17, 15) is 14.7 Å². The maximum absolute atomic E-state index is 12.2. The summed E-state index contributed by atoms with van der Waals surface area (Å²) in [5.41, 5.74) is 0.821. The van der Waals surface area contributed by atoms with Crippen LogP contribution in [0.2, 0.25) is 5.02 Å². The topological polar surface area (TPSA) is 66.8 Å². The number of nitrogens with zero attached hydrogens (tertiary/aromatic N) is 1. The average molecular weight is 310 g/mol. The molecule has 1 saturated heterocycles. The molecule has 1 aromatic carbocycles. The summed E-state index contributed by atoms with van der Waals surface area (Å²) in [6.07, 6.45) is 2.50. The van der Waals surface area contributed by atoms with Gasteiger partial charge in [-0.25, -0.2) is 4.79 Å². The fraction of sp³-hybridized carbons (Fsp3) is 0.333. The second-order valence-electron chi connectivity index (χ2n) is 4.80. The molecule has 1 aromatic rings. The zero-order valence-electron chi connectivity index (χ0n) is 11.5. The molecule has 5 nitrogen and oxygen atoms in total. The van der Waals surface area contributed by atoms with Gasteiger partial charge in [0.2, 0.25) is 5.91 Å². The summed E-state index contributed by atoms with van der Waals surface area (Å²) in [7, 11) is 1.26. The smallest absolute Gasteiger partial charge is 0.328 e. The molecule has 0 spiro atoms. The van der Waals surface area contributed by atoms with Crippen LogP contribution in [0.3, 0.4) is 0 Å². The first-order chi connectivity index (χ1) is 10.0. The summed E-state index contributed by atoms with van der Waals surface area (Å²) in [5, 5.41) is 10.3. The van der Waals surface area contributed by atoms with Crippen LogP contribution in [-0.2, 0) is 14.3 Å². The third-order valence-corrected chi connectivity index (χ3v) is 3.58. The molecule has 0 aliphatic carbocycles. The summed E-state index contributed by atoms with van der Waals surface area (Å²) >= 11 is 5.79. The number of hydrogen-bond donors (Lipinski definition) is 1. The molecule has 2 rings (SSSR count). The summed E-state index contributed by atoms with van der Waals surface area (Å²) in [6.45, 7) is 0.129. The fourth-order valence-electron chi connectivity index (χ4n) is 2.25. The van der Waals surface area contributed by atoms with Gasteiger partial charge < -0.3 is 14.7 Å². The van der Waals surface area contributed by atoms with E-state index in [2.05, 4.69) is 4.74 Å². The minimum Gasteiger partial charge on any atom is -0.467 e. The van der Waals surface area contributed by atoms with Gasteiger partial charge in [-0.3, -0.25) is 4.79 Å². The average Bonchev–Trinajstić information content (AvgIpc) is 2.87. The predicted octanol–water partition coefficient (Wildman–Crippen LogP) is 1.49. The number of carbonyl (C=O) groups is 2. The third kappa shape index (κ3) is 3.83. The first-order valence-electron chi connectivity index (χ1n) is 6.51. The number of esters is 1. The van der Waals surface area contributed by atoms with E-state index in [1.54, 1.807) is 30.3 Å². The highest BCUT2D eigenvalue weighted by Gasteiger charge is 2.38. The maximum Gasteiger partial charge on any atom is 0.328 e. The van der Waals surface area contributed by atoms with E-state index in [-0.39, 0.29) is 18.9 Å². The number of aliphatic hydroxyl groups is 1. The number of amides is 1. The number of carbonyl (C=O) groups excluding carboxylic acids is 2. The van der Waals surface area contributed by atoms with Crippen LogP contribution in [0.4, 0.5) is 0 Å². The van der Waals surface area contributed by atoms with E-state index >= 15 is 0 Å². The predicted molar refractivity (Wildman–Crippen MR) is 78.6 cm³/mol. The minimum atomic E-state index is -0.729. The van der Waals surface area contributed by atoms with Gasteiger partial charge in [0, 0.05) is 24.1 Å². The molecule has 0 radical (unpaired) electrons. The molecular weight excluding hydrogens is 294 g/mol. The largest absolute Gasteiger partial charge is 0.467 e. The number of rotatable bonds is 3. The van der Waals surface area contributed by atoms with Crippen molar-refractivity contribution < 1.29 is 19.4 Å². The molecular formula is C15H16ClNO4. The Morgan fingerprint density at radius 3 is 2.67 bits per heavy atom. The van der Waals surface area contributed by atoms with Crippen molar-refractivity contribution in [2.24, 2.45) is 0 Å². The first-order valence-corrected chi connectivity index (χ1v) is 6.89. The van der Waals surface area contributed by atoms with Crippen LogP contribution >= 0.6 is 11.6 Å². The molecule has 2 unspecified atom stereocenters. The number of β-amino-alcohol motifs (C(OH)–C–C–N with tert-alkyl or cyclic N) is 1. The minimum absolute atomic E-state index is 0.129. The number of ether oxygens (including phenoxy) is 1. The second-order valence-corrected chi connectivity index (χ2v) is 5.24. The lowest BCUT2D eigenvalue weighted by Gasteiger charge is -2.20. The van der Waals surface area contributed by atoms with Crippen molar-refractivity contribution in [2.75, 3.05) is 13.7 Å². The van der Waals surface area contributed by atoms with Crippen LogP contribution in [0.25, 0.3) is 6.08 Å². The Balaban J connectivity index is 2.08. The number of halogens is 1. The van der Waals surface area contributed by atoms with Gasteiger partial charge in [0.25, 0.3) is 0 Å². The monoisotopic (exact) mass is 309 g/mol. The quantitative estimate of drug-likeness (QED) is 0.678. The highest BCUT2D eigenvalue weighted by molar-refractivity contribution is 6.30. The molecule has 0 bridgehead atoms. The Bertz CT molecular complexity index is 555. The Morgan fingerprint density at radius 2 is 2.05 bits per heavy atom. The normalized spacial score (nSPS) is 21.8. The highest BCUT2D eigenvalue weighted by atomic mass is 35.5. The fourth-order valence-corrected chi connectivity index (χ4v) is 2.38. The van der Waals surface area contributed by atoms with Crippen molar-refractivity contribution in [1.82, 2.24) is 4.90 Å². The first kappa shape index (κ1) is 15.5. The van der Waals surface area contributed by atoms with Crippen molar-refractivity contribution in [1.29, 1.82) is 0 Å². The number of benzene rings is 1. The highest BCUT2D eigenvalue weighted by Crippen LogP contribution is 2.20. The molecule has 2 atom stereocenters. The number of likely N-dealkylation sites (tertiary alicyclic amines) is 1. The van der Waals surface area contributed by atoms with E-state index in [1.807, 2.05) is 0 Å². The number of hydrogen-bond acceptors (Lipinski definition) is 4. The molecule has 0 saturated carbocycles. The van der Waals surface area contributed by atoms with Crippen LogP contribution < -0.4 is 0 Å². The zero-order chi connectivity index (χ0) is 15.4. The molecule has 0 aromatic heterocycles. The number of methoxy groups -OCH3 is 1. The van der Waals surface area contributed by atoms with E-state index in [0.717, 1.165) is 5.56 Å². The Hall–Kier alpha value is -1.85. The van der Waals surface area contributed by atoms with Gasteiger partial charge in [0.1, 0.15) is 6.04 Å². The molecule has 1 N–H and O–H groups in total. The van der Waals surface area contributed by atoms with Crippen molar-refractivity contribution >= 4 is 29.6 Å². The Labute approximate surface area is 127 Å². The van der Waals surface area contributed by atoms with Crippen LogP contribution in [0.5, 0.6) is 0 Å². The van der Waals surface area contributed by atoms with E-state index in [4.69, 9.17) is 11.6 Å². The van der Waals surface area contributed by atoms with Gasteiger partial charge in [-0.15, -0.1) is 0 Å². The van der Waals surface area contributed by atoms with E-state index in [0.29, 0.717) is 5.02 Å². The molecule has 1 aliphatic rings. The van der Waals surface area contributed by atoms with Crippen molar-refractivity contribution in [3.63, 3.8) is 0 Å². The summed E-state index contributed by atoms with van der Waals surface area (Å²) < 4.78 is 4.66. The van der Waals surface area contributed by atoms with Gasteiger partial charge in [-0.05, 0) is 23.8 Å². The van der Waals surface area contributed by atoms with Crippen molar-refractivity contribution in [3.8, 4) is 0 Å². The Kier molecular flexibility index (Phi) is 4.98. The number of aliphatic hydroxyl groups excluding tert-OH is 1. The summed E-state index contributed by atoms with van der Waals surface area (Å²) in [6, 6.07) is 6.28. The second kappa shape index (κ2) is 6.74. The molecule has 1 fully saturated rings. The third-order valence-electron chi connectivity index (χ3n) is 3.32. The summed E-state index contributed by atoms with van der Waals surface area (Å²) in [5.74, 6) is -0.850. The molecule has 6 heteroatoms. The van der Waals surface area contributed by atoms with Crippen molar-refractivity contribution in [2.45, 2.75) is 18.6 Å². The van der Waals surface area contributed by atoms with Crippen LogP contribution in [0.1, 0.15) is 12.0 Å². The lowest BCUT2D eigenvalue weighted by Crippen LogP contribution is -2.40. The standard InChI is InChI=1S/C15H16ClNO4/c1-21-15(20)13-8-12(18)9-17(13)14(19)7-4-10-2-5-11(16)6-3-10/h2-7,12-13,18H,8-9H2,1H3/b7-4+. The molecule has 1 amide bonds. The van der Waals surface area contributed by atoms with Crippen LogP contribution in [0, 0.1) is 0 Å². The Morgan fingerprint density at radius 1 is 1.38 bits per heavy atom. The van der Waals surface area contributed by atoms with Gasteiger partial charge >= 0.3 is 5.97 Å². The van der Waals surface area contributed by atoms with Crippen molar-refractivity contribution in [3.05, 3.63) is 40.9 Å². The van der Waals surface area contributed by atoms with Crippen LogP contribution in [-0.4, -0.2) is 47.7 Å². The van der Waals surface area contributed by atoms with Crippen LogP contribution in [0.15, 0.2) is 30.3 Å². The maximum atomic E-state index is 12.2. The molecule has 112 valence electrons. The van der Waals surface area contributed by atoms with Gasteiger partial charge in [0.05, 0.1) is 13.2 Å². The van der Waals surface area contributed by atoms with Gasteiger partial charge in [0.15, 0.2) is 0 Å². The summed E-state index contributed by atoms with van der Waals surface area (Å²) in [4.78, 5) is 25.1. The lowest BCUT2D eigenvalue weighted by atomic mass is 10.2. The van der Waals surface area contributed by atoms with Gasteiger partial charge in [-0.2, -0.15) is 0 Å². The molecule has 21 heavy (non-hydrogen) atoms. The van der Waals surface area contributed by atoms with E-state index < -0.39 is 18.1 Å². The molecule has 1 aliphatic heterocycles. The zero-order valence-corrected chi connectivity index (χ0v) is 12.3.